The Morgan fingerprint density at radius 2 is 1.67 bits per heavy atom. The monoisotopic (exact) mass is 394 g/mol. The van der Waals surface area contributed by atoms with Crippen molar-refractivity contribution in [1.82, 2.24) is 9.61 Å². The van der Waals surface area contributed by atoms with Gasteiger partial charge in [0.15, 0.2) is 19.4 Å². The van der Waals surface area contributed by atoms with Crippen LogP contribution in [0.2, 0.25) is 18.1 Å². The fourth-order valence-corrected chi connectivity index (χ4v) is 3.63. The number of aromatic nitrogens is 2. The van der Waals surface area contributed by atoms with Crippen LogP contribution in [0, 0.1) is 13.8 Å². The molecule has 0 amide bonds. The van der Waals surface area contributed by atoms with Crippen LogP contribution in [0.4, 0.5) is 0 Å². The fourth-order valence-electron chi connectivity index (χ4n) is 2.70. The zero-order valence-corrected chi connectivity index (χ0v) is 17.7. The zero-order valence-electron chi connectivity index (χ0n) is 16.7. The highest BCUT2D eigenvalue weighted by Crippen LogP contribution is 2.37. The van der Waals surface area contributed by atoms with Crippen LogP contribution in [0.1, 0.15) is 58.4 Å². The van der Waals surface area contributed by atoms with E-state index in [-0.39, 0.29) is 28.2 Å². The van der Waals surface area contributed by atoms with E-state index in [9.17, 15) is 24.6 Å². The van der Waals surface area contributed by atoms with Crippen LogP contribution >= 0.6 is 0 Å². The van der Waals surface area contributed by atoms with Gasteiger partial charge >= 0.3 is 11.9 Å². The van der Waals surface area contributed by atoms with Crippen molar-refractivity contribution in [1.29, 1.82) is 0 Å². The number of nitrogens with one attached hydrogen (secondary N) is 1. The molecule has 0 unspecified atom stereocenters. The molecule has 2 aromatic heterocycles. The number of H-pyrrole nitrogens is 1. The van der Waals surface area contributed by atoms with E-state index >= 15 is 0 Å². The lowest BCUT2D eigenvalue weighted by Crippen LogP contribution is -2.40. The molecule has 148 valence electrons. The van der Waals surface area contributed by atoms with Crippen LogP contribution in [0.15, 0.2) is 4.79 Å². The van der Waals surface area contributed by atoms with E-state index in [1.54, 1.807) is 6.92 Å². The third-order valence-corrected chi connectivity index (χ3v) is 9.96. The third-order valence-electron chi connectivity index (χ3n) is 5.48. The molecule has 9 heteroatoms. The Labute approximate surface area is 157 Å². The van der Waals surface area contributed by atoms with Gasteiger partial charge in [0.05, 0.1) is 17.8 Å². The minimum atomic E-state index is -2.14. The van der Waals surface area contributed by atoms with Crippen LogP contribution in [0.3, 0.4) is 0 Å². The van der Waals surface area contributed by atoms with Gasteiger partial charge in [-0.05, 0) is 32.0 Å². The molecule has 27 heavy (non-hydrogen) atoms. The summed E-state index contributed by atoms with van der Waals surface area (Å²) in [5.74, 6) is -2.81. The lowest BCUT2D eigenvalue weighted by Gasteiger charge is -2.36. The molecular weight excluding hydrogens is 368 g/mol. The van der Waals surface area contributed by atoms with Gasteiger partial charge in [0.2, 0.25) is 0 Å². The molecule has 0 aliphatic heterocycles. The minimum Gasteiger partial charge on any atom is -0.478 e. The number of carboxylic acid groups (broad SMARTS) is 2. The lowest BCUT2D eigenvalue weighted by atomic mass is 10.1. The van der Waals surface area contributed by atoms with Crippen LogP contribution in [0.25, 0.3) is 5.52 Å². The zero-order chi connectivity index (χ0) is 20.9. The summed E-state index contributed by atoms with van der Waals surface area (Å²) >= 11 is 0. The molecule has 0 radical (unpaired) electrons. The summed E-state index contributed by atoms with van der Waals surface area (Å²) in [7, 11) is -2.14. The van der Waals surface area contributed by atoms with Gasteiger partial charge in [-0.2, -0.15) is 0 Å². The minimum absolute atomic E-state index is 0.0517. The van der Waals surface area contributed by atoms with E-state index in [0.717, 1.165) is 0 Å². The first-order valence-corrected chi connectivity index (χ1v) is 11.5. The largest absolute Gasteiger partial charge is 0.478 e. The van der Waals surface area contributed by atoms with Crippen LogP contribution < -0.4 is 5.43 Å². The molecule has 0 aliphatic carbocycles. The molecule has 0 aromatic carbocycles. The third kappa shape index (κ3) is 3.44. The van der Waals surface area contributed by atoms with Gasteiger partial charge < -0.3 is 14.6 Å². The first-order valence-electron chi connectivity index (χ1n) is 8.58. The summed E-state index contributed by atoms with van der Waals surface area (Å²) in [5.41, 5.74) is -0.134. The van der Waals surface area contributed by atoms with Gasteiger partial charge in [-0.25, -0.2) is 9.59 Å². The molecule has 0 aliphatic rings. The second kappa shape index (κ2) is 6.65. The number of aryl methyl sites for hydroxylation is 1. The molecule has 0 saturated carbocycles. The number of carboxylic acids is 2. The van der Waals surface area contributed by atoms with Crippen molar-refractivity contribution >= 4 is 25.8 Å². The lowest BCUT2D eigenvalue weighted by molar-refractivity contribution is 0.0649. The van der Waals surface area contributed by atoms with Crippen molar-refractivity contribution < 1.29 is 24.2 Å². The Morgan fingerprint density at radius 1 is 1.11 bits per heavy atom. The molecule has 0 saturated heterocycles. The van der Waals surface area contributed by atoms with Gasteiger partial charge in [0, 0.05) is 11.1 Å². The molecule has 0 spiro atoms. The van der Waals surface area contributed by atoms with E-state index < -0.39 is 31.5 Å². The average molecular weight is 395 g/mol. The summed E-state index contributed by atoms with van der Waals surface area (Å²) in [6.07, 6.45) is 0. The van der Waals surface area contributed by atoms with E-state index in [1.165, 1.54) is 11.4 Å². The summed E-state index contributed by atoms with van der Waals surface area (Å²) in [5, 5.41) is 21.5. The van der Waals surface area contributed by atoms with Gasteiger partial charge in [-0.15, -0.1) is 0 Å². The molecule has 2 aromatic rings. The van der Waals surface area contributed by atoms with Crippen molar-refractivity contribution in [2.24, 2.45) is 0 Å². The number of hydrogen-bond acceptors (Lipinski definition) is 4. The van der Waals surface area contributed by atoms with Gasteiger partial charge in [-0.3, -0.25) is 14.4 Å². The maximum Gasteiger partial charge on any atom is 0.354 e. The van der Waals surface area contributed by atoms with Gasteiger partial charge in [0.25, 0.3) is 0 Å². The number of fused-ring (bicyclic) bond motifs is 1. The van der Waals surface area contributed by atoms with Crippen LogP contribution in [0.5, 0.6) is 0 Å². The Bertz CT molecular complexity index is 994. The fraction of sp³-hybridized carbons (Fsp3) is 0.500. The van der Waals surface area contributed by atoms with Crippen molar-refractivity contribution in [2.75, 3.05) is 0 Å². The number of rotatable bonds is 5. The van der Waals surface area contributed by atoms with Gasteiger partial charge in [-0.1, -0.05) is 20.8 Å². The number of pyridine rings is 1. The van der Waals surface area contributed by atoms with E-state index in [0.29, 0.717) is 11.3 Å². The molecule has 2 rings (SSSR count). The Hall–Kier alpha value is -2.39. The highest BCUT2D eigenvalue weighted by Gasteiger charge is 2.37. The van der Waals surface area contributed by atoms with Crippen LogP contribution in [-0.2, 0) is 11.0 Å². The second-order valence-electron chi connectivity index (χ2n) is 8.23. The molecule has 0 fully saturated rings. The predicted molar refractivity (Wildman–Crippen MR) is 103 cm³/mol. The predicted octanol–water partition coefficient (Wildman–Crippen LogP) is 3.16. The number of carbonyl (C=O) groups is 2. The van der Waals surface area contributed by atoms with Gasteiger partial charge in [0.1, 0.15) is 5.56 Å². The van der Waals surface area contributed by atoms with E-state index in [2.05, 4.69) is 39.0 Å². The Balaban J connectivity index is 2.78. The number of hydrogen-bond donors (Lipinski definition) is 3. The second-order valence-corrected chi connectivity index (χ2v) is 13.0. The number of nitrogens with zero attached hydrogens (tertiary/aromatic N) is 1. The smallest absolute Gasteiger partial charge is 0.354 e. The average Bonchev–Trinajstić information content (AvgIpc) is 2.92. The SMILES string of the molecule is Cc1c(CO[Si](C)(C)C(C)(C)C)n2[nH]c(C(=O)O)c(C(=O)O)c2c(C)c1=O. The summed E-state index contributed by atoms with van der Waals surface area (Å²) in [4.78, 5) is 35.9. The van der Waals surface area contributed by atoms with Crippen molar-refractivity contribution in [3.63, 3.8) is 0 Å². The Kier molecular flexibility index (Phi) is 5.15. The molecule has 0 atom stereocenters. The molecule has 0 bridgehead atoms. The first-order chi connectivity index (χ1) is 12.2. The van der Waals surface area contributed by atoms with Crippen molar-refractivity contribution in [3.8, 4) is 0 Å². The number of aromatic amines is 1. The molecule has 3 N–H and O–H groups in total. The van der Waals surface area contributed by atoms with Crippen LogP contribution in [-0.4, -0.2) is 40.1 Å². The quantitative estimate of drug-likeness (QED) is 0.670. The summed E-state index contributed by atoms with van der Waals surface area (Å²) in [6, 6.07) is 0. The topological polar surface area (TPSA) is 121 Å². The van der Waals surface area contributed by atoms with E-state index in [1.807, 2.05) is 0 Å². The first kappa shape index (κ1) is 20.9. The highest BCUT2D eigenvalue weighted by atomic mass is 28.4. The van der Waals surface area contributed by atoms with Crippen molar-refractivity contribution in [2.45, 2.75) is 59.4 Å². The van der Waals surface area contributed by atoms with Crippen molar-refractivity contribution in [3.05, 3.63) is 38.3 Å². The summed E-state index contributed by atoms with van der Waals surface area (Å²) in [6.45, 7) is 13.6. The molecular formula is C18H26N2O6Si. The normalized spacial score (nSPS) is 12.6. The highest BCUT2D eigenvalue weighted by molar-refractivity contribution is 6.74. The Morgan fingerprint density at radius 3 is 2.11 bits per heavy atom. The van der Waals surface area contributed by atoms with E-state index in [4.69, 9.17) is 4.43 Å². The molecule has 8 nitrogen and oxygen atoms in total. The maximum atomic E-state index is 12.7. The maximum absolute atomic E-state index is 12.7. The summed E-state index contributed by atoms with van der Waals surface area (Å²) < 4.78 is 7.57. The number of aromatic carboxylic acids is 2. The standard InChI is InChI=1S/C18H26N2O6Si/c1-9-11(8-26-27(6,7)18(3,4)5)20-14(10(2)15(9)21)12(16(22)23)13(19-20)17(24)25/h19H,8H2,1-7H3,(H,22,23)(H,24,25). The molecule has 2 heterocycles.